The van der Waals surface area contributed by atoms with E-state index in [9.17, 15) is 31.9 Å². The molecule has 45 heavy (non-hydrogen) atoms. The van der Waals surface area contributed by atoms with Crippen molar-refractivity contribution in [3.63, 3.8) is 0 Å². The molecule has 1 saturated heterocycles. The quantitative estimate of drug-likeness (QED) is 0.259. The molecule has 1 aromatic carbocycles. The Morgan fingerprint density at radius 2 is 1.89 bits per heavy atom. The first-order chi connectivity index (χ1) is 21.3. The van der Waals surface area contributed by atoms with Crippen LogP contribution in [0.15, 0.2) is 42.7 Å². The molecular formula is C29H24ClF4N7O4. The maximum absolute atomic E-state index is 13.7. The molecule has 0 bridgehead atoms. The van der Waals surface area contributed by atoms with Crippen molar-refractivity contribution in [2.24, 2.45) is 5.73 Å². The third-order valence-corrected chi connectivity index (χ3v) is 8.14. The van der Waals surface area contributed by atoms with Gasteiger partial charge in [0.2, 0.25) is 5.91 Å². The number of hydrogen-bond acceptors (Lipinski definition) is 7. The van der Waals surface area contributed by atoms with Crippen molar-refractivity contribution in [3.05, 3.63) is 70.0 Å². The van der Waals surface area contributed by atoms with Gasteiger partial charge >= 0.3 is 12.1 Å². The highest BCUT2D eigenvalue weighted by Gasteiger charge is 2.36. The summed E-state index contributed by atoms with van der Waals surface area (Å²) < 4.78 is 55.1. The fourth-order valence-electron chi connectivity index (χ4n) is 5.54. The Bertz CT molecular complexity index is 1860. The van der Waals surface area contributed by atoms with Crippen molar-refractivity contribution < 1.29 is 37.1 Å². The molecule has 0 saturated carbocycles. The number of amides is 2. The molecule has 0 unspecified atom stereocenters. The number of pyridine rings is 2. The number of carbonyl (C=O) groups is 3. The van der Waals surface area contributed by atoms with Crippen LogP contribution in [0.5, 0.6) is 0 Å². The molecular weight excluding hydrogens is 622 g/mol. The molecule has 0 radical (unpaired) electrons. The number of hydrogen-bond donors (Lipinski definition) is 2. The number of primary amides is 1. The SMILES string of the molecule is NC(=O)[C@H](CCC(=O)O)N1Cc2cc(Cn3ncc4c(-c5ncc(C(F)(F)F)cc5Cl)cc(N5CC(F)C5)nc43)ccc2C1=O. The Balaban J connectivity index is 1.34. The lowest BCUT2D eigenvalue weighted by Gasteiger charge is -2.35. The monoisotopic (exact) mass is 645 g/mol. The first kappa shape index (κ1) is 30.2. The Morgan fingerprint density at radius 1 is 1.13 bits per heavy atom. The summed E-state index contributed by atoms with van der Waals surface area (Å²) in [6.45, 7) is 0.404. The molecule has 11 nitrogen and oxygen atoms in total. The van der Waals surface area contributed by atoms with Gasteiger partial charge in [0.05, 0.1) is 42.1 Å². The standard InChI is InChI=1S/C29H24ClF4N7O4/c30-21-6-16(29(32,33)34)8-36-25(21)19-7-23(39-12-17(31)13-39)38-27-20(19)9-37-41(27)10-14-1-2-18-15(5-14)11-40(28(18)45)22(26(35)44)3-4-24(42)43/h1-2,5-9,17,22H,3-4,10-13H2,(H2,35,44)(H,42,43)/t22-/m0/s1. The van der Waals surface area contributed by atoms with Gasteiger partial charge in [0.15, 0.2) is 5.65 Å². The van der Waals surface area contributed by atoms with E-state index >= 15 is 0 Å². The number of halogens is 5. The highest BCUT2D eigenvalue weighted by molar-refractivity contribution is 6.33. The largest absolute Gasteiger partial charge is 0.481 e. The van der Waals surface area contributed by atoms with E-state index in [1.807, 2.05) is 0 Å². The number of rotatable bonds is 9. The summed E-state index contributed by atoms with van der Waals surface area (Å²) in [5.74, 6) is -1.98. The molecule has 2 aliphatic heterocycles. The first-order valence-corrected chi connectivity index (χ1v) is 14.1. The number of carboxylic acids is 1. The van der Waals surface area contributed by atoms with Gasteiger partial charge in [0.25, 0.3) is 5.91 Å². The lowest BCUT2D eigenvalue weighted by atomic mass is 10.1. The summed E-state index contributed by atoms with van der Waals surface area (Å²) in [6, 6.07) is 6.37. The van der Waals surface area contributed by atoms with Crippen molar-refractivity contribution in [3.8, 4) is 11.3 Å². The highest BCUT2D eigenvalue weighted by atomic mass is 35.5. The Hall–Kier alpha value is -4.79. The third-order valence-electron chi connectivity index (χ3n) is 7.85. The van der Waals surface area contributed by atoms with Gasteiger partial charge in [-0.2, -0.15) is 18.3 Å². The zero-order valence-corrected chi connectivity index (χ0v) is 24.0. The molecule has 234 valence electrons. The number of fused-ring (bicyclic) bond motifs is 2. The topological polar surface area (TPSA) is 148 Å². The van der Waals surface area contributed by atoms with Crippen LogP contribution in [0, 0.1) is 0 Å². The average molecular weight is 646 g/mol. The second kappa shape index (κ2) is 11.3. The van der Waals surface area contributed by atoms with Gasteiger partial charge in [-0.1, -0.05) is 23.7 Å². The van der Waals surface area contributed by atoms with Crippen LogP contribution < -0.4 is 10.6 Å². The van der Waals surface area contributed by atoms with E-state index in [-0.39, 0.29) is 49.7 Å². The molecule has 0 spiro atoms. The Morgan fingerprint density at radius 3 is 2.53 bits per heavy atom. The molecule has 3 aromatic heterocycles. The molecule has 5 heterocycles. The van der Waals surface area contributed by atoms with Crippen LogP contribution in [0.1, 0.15) is 39.9 Å². The number of nitrogens with zero attached hydrogens (tertiary/aromatic N) is 6. The smallest absolute Gasteiger partial charge is 0.417 e. The summed E-state index contributed by atoms with van der Waals surface area (Å²) in [5.41, 5.74) is 6.97. The van der Waals surface area contributed by atoms with Crippen molar-refractivity contribution in [2.75, 3.05) is 18.0 Å². The Labute approximate surface area is 257 Å². The summed E-state index contributed by atoms with van der Waals surface area (Å²) in [7, 11) is 0. The van der Waals surface area contributed by atoms with Crippen molar-refractivity contribution in [1.29, 1.82) is 0 Å². The van der Waals surface area contributed by atoms with Gasteiger partial charge < -0.3 is 20.6 Å². The van der Waals surface area contributed by atoms with Gasteiger partial charge in [-0.25, -0.2) is 14.1 Å². The molecule has 0 aliphatic carbocycles. The molecule has 1 fully saturated rings. The summed E-state index contributed by atoms with van der Waals surface area (Å²) >= 11 is 6.29. The minimum absolute atomic E-state index is 0.0546. The number of anilines is 1. The molecule has 16 heteroatoms. The van der Waals surface area contributed by atoms with E-state index in [1.165, 1.54) is 11.1 Å². The normalized spacial score (nSPS) is 15.8. The van der Waals surface area contributed by atoms with Gasteiger partial charge in [-0.05, 0) is 35.7 Å². The second-order valence-corrected chi connectivity index (χ2v) is 11.3. The molecule has 1 atom stereocenters. The molecule has 6 rings (SSSR count). The van der Waals surface area contributed by atoms with Crippen LogP contribution in [-0.2, 0) is 28.9 Å². The van der Waals surface area contributed by atoms with E-state index in [0.717, 1.165) is 6.07 Å². The van der Waals surface area contributed by atoms with Crippen molar-refractivity contribution >= 4 is 46.2 Å². The average Bonchev–Trinajstić information content (AvgIpc) is 3.50. The van der Waals surface area contributed by atoms with Gasteiger partial charge in [0, 0.05) is 35.7 Å². The summed E-state index contributed by atoms with van der Waals surface area (Å²) in [5, 5.41) is 13.7. The van der Waals surface area contributed by atoms with Gasteiger partial charge in [-0.3, -0.25) is 19.4 Å². The molecule has 4 aromatic rings. The number of nitrogens with two attached hydrogens (primary N) is 1. The molecule has 2 amide bonds. The summed E-state index contributed by atoms with van der Waals surface area (Å²) in [4.78, 5) is 47.8. The number of alkyl halides is 4. The highest BCUT2D eigenvalue weighted by Crippen LogP contribution is 2.38. The maximum atomic E-state index is 13.7. The zero-order chi connectivity index (χ0) is 32.2. The third kappa shape index (κ3) is 5.75. The van der Waals surface area contributed by atoms with Crippen LogP contribution in [-0.4, -0.2) is 72.8 Å². The fourth-order valence-corrected chi connectivity index (χ4v) is 5.81. The lowest BCUT2D eigenvalue weighted by Crippen LogP contribution is -2.48. The van der Waals surface area contributed by atoms with Crippen molar-refractivity contribution in [1.82, 2.24) is 24.6 Å². The predicted octanol–water partition coefficient (Wildman–Crippen LogP) is 4.05. The van der Waals surface area contributed by atoms with Crippen LogP contribution in [0.3, 0.4) is 0 Å². The van der Waals surface area contributed by atoms with E-state index < -0.39 is 41.7 Å². The van der Waals surface area contributed by atoms with Crippen LogP contribution >= 0.6 is 11.6 Å². The molecule has 2 aliphatic rings. The number of benzene rings is 1. The fraction of sp³-hybridized carbons (Fsp3) is 0.310. The number of aliphatic carboxylic acids is 1. The summed E-state index contributed by atoms with van der Waals surface area (Å²) in [6.07, 6.45) is -3.95. The van der Waals surface area contributed by atoms with Gasteiger partial charge in [-0.15, -0.1) is 0 Å². The maximum Gasteiger partial charge on any atom is 0.417 e. The van der Waals surface area contributed by atoms with E-state index in [2.05, 4.69) is 15.1 Å². The van der Waals surface area contributed by atoms with Crippen LogP contribution in [0.4, 0.5) is 23.4 Å². The second-order valence-electron chi connectivity index (χ2n) is 10.9. The number of carboxylic acid groups (broad SMARTS) is 1. The van der Waals surface area contributed by atoms with Gasteiger partial charge in [0.1, 0.15) is 18.0 Å². The number of aromatic nitrogens is 4. The minimum atomic E-state index is -4.64. The van der Waals surface area contributed by atoms with Crippen LogP contribution in [0.25, 0.3) is 22.3 Å². The predicted molar refractivity (Wildman–Crippen MR) is 153 cm³/mol. The first-order valence-electron chi connectivity index (χ1n) is 13.7. The van der Waals surface area contributed by atoms with Crippen molar-refractivity contribution in [2.45, 2.75) is 44.3 Å². The molecule has 3 N–H and O–H groups in total. The lowest BCUT2D eigenvalue weighted by molar-refractivity contribution is -0.138. The van der Waals surface area contributed by atoms with E-state index in [0.29, 0.717) is 45.3 Å². The Kier molecular flexibility index (Phi) is 7.59. The van der Waals surface area contributed by atoms with E-state index in [4.69, 9.17) is 22.4 Å². The minimum Gasteiger partial charge on any atom is -0.481 e. The van der Waals surface area contributed by atoms with E-state index in [1.54, 1.807) is 33.8 Å². The van der Waals surface area contributed by atoms with Crippen LogP contribution in [0.2, 0.25) is 5.02 Å². The number of carbonyl (C=O) groups excluding carboxylic acids is 2. The zero-order valence-electron chi connectivity index (χ0n) is 23.3.